The number of para-hydroxylation sites is 1. The quantitative estimate of drug-likeness (QED) is 0.729. The van der Waals surface area contributed by atoms with Crippen molar-refractivity contribution in [1.29, 1.82) is 0 Å². The summed E-state index contributed by atoms with van der Waals surface area (Å²) in [6, 6.07) is 10.0. The molecule has 0 saturated carbocycles. The van der Waals surface area contributed by atoms with Gasteiger partial charge in [0.2, 0.25) is 0 Å². The number of benzene rings is 1. The Morgan fingerprint density at radius 3 is 2.72 bits per heavy atom. The summed E-state index contributed by atoms with van der Waals surface area (Å²) in [4.78, 5) is 7.24. The fourth-order valence-corrected chi connectivity index (χ4v) is 3.53. The lowest BCUT2D eigenvalue weighted by atomic mass is 10.1. The molecule has 7 heteroatoms. The summed E-state index contributed by atoms with van der Waals surface area (Å²) in [5.41, 5.74) is 3.54. The predicted octanol–water partition coefficient (Wildman–Crippen LogP) is 2.08. The van der Waals surface area contributed by atoms with Gasteiger partial charge in [-0.25, -0.2) is 4.98 Å². The standard InChI is InChI=1S/C18H23N7/c1-13(2)18-19-15-11-24(10-9-16(15)23(18)3)12-17-20-21-22-25(17)14-7-5-4-6-8-14/h4-8,13H,9-12H2,1-3H3. The molecular formula is C18H23N7. The second-order valence-corrected chi connectivity index (χ2v) is 6.88. The van der Waals surface area contributed by atoms with E-state index >= 15 is 0 Å². The fraction of sp³-hybridized carbons (Fsp3) is 0.444. The van der Waals surface area contributed by atoms with Crippen LogP contribution in [0.15, 0.2) is 30.3 Å². The molecule has 25 heavy (non-hydrogen) atoms. The summed E-state index contributed by atoms with van der Waals surface area (Å²) < 4.78 is 4.08. The average Bonchev–Trinajstić information content (AvgIpc) is 3.20. The van der Waals surface area contributed by atoms with Gasteiger partial charge in [0, 0.05) is 38.2 Å². The van der Waals surface area contributed by atoms with Crippen LogP contribution >= 0.6 is 0 Å². The largest absolute Gasteiger partial charge is 0.335 e. The number of hydrogen-bond donors (Lipinski definition) is 0. The zero-order valence-electron chi connectivity index (χ0n) is 14.9. The third-order valence-corrected chi connectivity index (χ3v) is 4.79. The van der Waals surface area contributed by atoms with Crippen LogP contribution in [0.2, 0.25) is 0 Å². The molecule has 1 aliphatic rings. The van der Waals surface area contributed by atoms with Crippen molar-refractivity contribution in [2.24, 2.45) is 7.05 Å². The zero-order valence-corrected chi connectivity index (χ0v) is 14.9. The molecule has 4 rings (SSSR count). The second-order valence-electron chi connectivity index (χ2n) is 6.88. The summed E-state index contributed by atoms with van der Waals surface area (Å²) in [5, 5.41) is 12.2. The molecule has 0 aliphatic carbocycles. The Kier molecular flexibility index (Phi) is 4.09. The van der Waals surface area contributed by atoms with E-state index in [9.17, 15) is 0 Å². The maximum Gasteiger partial charge on any atom is 0.170 e. The van der Waals surface area contributed by atoms with Crippen molar-refractivity contribution in [3.8, 4) is 5.69 Å². The number of fused-ring (bicyclic) bond motifs is 1. The average molecular weight is 337 g/mol. The number of aromatic nitrogens is 6. The molecule has 0 unspecified atom stereocenters. The minimum absolute atomic E-state index is 0.439. The lowest BCUT2D eigenvalue weighted by Crippen LogP contribution is -2.31. The van der Waals surface area contributed by atoms with Gasteiger partial charge in [0.25, 0.3) is 0 Å². The first-order valence-electron chi connectivity index (χ1n) is 8.73. The third kappa shape index (κ3) is 2.95. The van der Waals surface area contributed by atoms with Gasteiger partial charge in [-0.1, -0.05) is 32.0 Å². The number of rotatable bonds is 4. The summed E-state index contributed by atoms with van der Waals surface area (Å²) >= 11 is 0. The lowest BCUT2D eigenvalue weighted by Gasteiger charge is -2.25. The molecule has 130 valence electrons. The van der Waals surface area contributed by atoms with Gasteiger partial charge >= 0.3 is 0 Å². The van der Waals surface area contributed by atoms with Crippen molar-refractivity contribution in [1.82, 2.24) is 34.7 Å². The Labute approximate surface area is 147 Å². The molecule has 0 radical (unpaired) electrons. The van der Waals surface area contributed by atoms with E-state index in [1.54, 1.807) is 0 Å². The van der Waals surface area contributed by atoms with E-state index in [1.165, 1.54) is 17.2 Å². The minimum Gasteiger partial charge on any atom is -0.335 e. The van der Waals surface area contributed by atoms with Crippen LogP contribution in [0.25, 0.3) is 5.69 Å². The van der Waals surface area contributed by atoms with Crippen LogP contribution in [0.4, 0.5) is 0 Å². The number of hydrogen-bond acceptors (Lipinski definition) is 5. The molecule has 3 aromatic rings. The molecule has 0 atom stereocenters. The maximum atomic E-state index is 4.87. The van der Waals surface area contributed by atoms with Crippen molar-refractivity contribution >= 4 is 0 Å². The number of tetrazole rings is 1. The monoisotopic (exact) mass is 337 g/mol. The maximum absolute atomic E-state index is 4.87. The van der Waals surface area contributed by atoms with Gasteiger partial charge in [-0.05, 0) is 22.6 Å². The van der Waals surface area contributed by atoms with Crippen LogP contribution in [0.5, 0.6) is 0 Å². The molecule has 1 aliphatic heterocycles. The van der Waals surface area contributed by atoms with Crippen molar-refractivity contribution in [3.63, 3.8) is 0 Å². The van der Waals surface area contributed by atoms with Crippen molar-refractivity contribution in [3.05, 3.63) is 53.4 Å². The van der Waals surface area contributed by atoms with E-state index in [0.29, 0.717) is 5.92 Å². The van der Waals surface area contributed by atoms with Gasteiger partial charge < -0.3 is 4.57 Å². The molecule has 0 N–H and O–H groups in total. The summed E-state index contributed by atoms with van der Waals surface area (Å²) in [7, 11) is 2.13. The molecule has 0 fully saturated rings. The molecule has 0 saturated heterocycles. The van der Waals surface area contributed by atoms with E-state index < -0.39 is 0 Å². The molecular weight excluding hydrogens is 314 g/mol. The van der Waals surface area contributed by atoms with Gasteiger partial charge in [-0.2, -0.15) is 4.68 Å². The highest BCUT2D eigenvalue weighted by Crippen LogP contribution is 2.24. The van der Waals surface area contributed by atoms with Gasteiger partial charge in [0.05, 0.1) is 17.9 Å². The van der Waals surface area contributed by atoms with Gasteiger partial charge in [0.1, 0.15) is 5.82 Å². The summed E-state index contributed by atoms with van der Waals surface area (Å²) in [5.74, 6) is 2.46. The Hall–Kier alpha value is -2.54. The summed E-state index contributed by atoms with van der Waals surface area (Å²) in [6.07, 6.45) is 1.01. The van der Waals surface area contributed by atoms with Crippen LogP contribution in [-0.2, 0) is 26.6 Å². The first-order valence-corrected chi connectivity index (χ1v) is 8.73. The minimum atomic E-state index is 0.439. The Balaban J connectivity index is 1.54. The molecule has 3 heterocycles. The van der Waals surface area contributed by atoms with Crippen molar-refractivity contribution in [2.75, 3.05) is 6.54 Å². The van der Waals surface area contributed by atoms with Crippen LogP contribution < -0.4 is 0 Å². The highest BCUT2D eigenvalue weighted by Gasteiger charge is 2.24. The molecule has 2 aromatic heterocycles. The first kappa shape index (κ1) is 16.0. The smallest absolute Gasteiger partial charge is 0.170 e. The Bertz CT molecular complexity index is 863. The molecule has 7 nitrogen and oxygen atoms in total. The number of imidazole rings is 1. The highest BCUT2D eigenvalue weighted by atomic mass is 15.5. The van der Waals surface area contributed by atoms with Crippen LogP contribution in [0.1, 0.15) is 42.8 Å². The van der Waals surface area contributed by atoms with Crippen molar-refractivity contribution in [2.45, 2.75) is 39.3 Å². The van der Waals surface area contributed by atoms with Crippen LogP contribution in [0.3, 0.4) is 0 Å². The van der Waals surface area contributed by atoms with Gasteiger partial charge in [0.15, 0.2) is 5.82 Å². The zero-order chi connectivity index (χ0) is 17.4. The van der Waals surface area contributed by atoms with E-state index in [0.717, 1.165) is 37.6 Å². The molecule has 0 bridgehead atoms. The van der Waals surface area contributed by atoms with Gasteiger partial charge in [-0.15, -0.1) is 5.10 Å². The molecule has 1 aromatic carbocycles. The third-order valence-electron chi connectivity index (χ3n) is 4.79. The SMILES string of the molecule is CC(C)c1nc2c(n1C)CCN(Cc1nnnn1-c1ccccc1)C2. The van der Waals surface area contributed by atoms with E-state index in [4.69, 9.17) is 4.98 Å². The van der Waals surface area contributed by atoms with Crippen molar-refractivity contribution < 1.29 is 0 Å². The molecule has 0 spiro atoms. The van der Waals surface area contributed by atoms with Gasteiger partial charge in [-0.3, -0.25) is 4.90 Å². The lowest BCUT2D eigenvalue weighted by molar-refractivity contribution is 0.232. The summed E-state index contributed by atoms with van der Waals surface area (Å²) in [6.45, 7) is 6.94. The second kappa shape index (κ2) is 6.40. The van der Waals surface area contributed by atoms with E-state index in [1.807, 2.05) is 35.0 Å². The Morgan fingerprint density at radius 2 is 1.96 bits per heavy atom. The number of nitrogens with zero attached hydrogens (tertiary/aromatic N) is 7. The highest BCUT2D eigenvalue weighted by molar-refractivity contribution is 5.30. The normalized spacial score (nSPS) is 14.9. The van der Waals surface area contributed by atoms with Crippen LogP contribution in [-0.4, -0.2) is 41.2 Å². The molecule has 0 amide bonds. The van der Waals surface area contributed by atoms with E-state index in [-0.39, 0.29) is 0 Å². The van der Waals surface area contributed by atoms with E-state index in [2.05, 4.69) is 45.9 Å². The Morgan fingerprint density at radius 1 is 1.16 bits per heavy atom. The predicted molar refractivity (Wildman–Crippen MR) is 94.3 cm³/mol. The topological polar surface area (TPSA) is 64.7 Å². The fourth-order valence-electron chi connectivity index (χ4n) is 3.53. The first-order chi connectivity index (χ1) is 12.1. The van der Waals surface area contributed by atoms with Crippen LogP contribution in [0, 0.1) is 0 Å².